The largest absolute Gasteiger partial charge is 0.494 e. The molecule has 0 aliphatic heterocycles. The molecule has 0 aliphatic carbocycles. The van der Waals surface area contributed by atoms with Gasteiger partial charge in [-0.2, -0.15) is 10.4 Å². The number of hydrogen-bond donors (Lipinski definition) is 1. The van der Waals surface area contributed by atoms with Crippen LogP contribution in [0.3, 0.4) is 0 Å². The number of ether oxygens (including phenoxy) is 2. The van der Waals surface area contributed by atoms with Gasteiger partial charge in [-0.05, 0) is 0 Å². The third kappa shape index (κ3) is 3.27. The molecule has 0 unspecified atom stereocenters. The lowest BCUT2D eigenvalue weighted by Crippen LogP contribution is -2.20. The lowest BCUT2D eigenvalue weighted by atomic mass is 10.2. The summed E-state index contributed by atoms with van der Waals surface area (Å²) in [4.78, 5) is 11.7. The summed E-state index contributed by atoms with van der Waals surface area (Å²) in [6.07, 6.45) is 1.14. The fourth-order valence-electron chi connectivity index (χ4n) is 1.92. The number of methoxy groups -OCH3 is 2. The number of nitriles is 1. The van der Waals surface area contributed by atoms with Gasteiger partial charge in [0.1, 0.15) is 29.7 Å². The number of nitrogens with zero attached hydrogens (tertiary/aromatic N) is 3. The molecule has 7 nitrogen and oxygen atoms in total. The third-order valence-electron chi connectivity index (χ3n) is 2.85. The number of carbonyl (C=O) groups is 1. The van der Waals surface area contributed by atoms with Gasteiger partial charge < -0.3 is 14.8 Å². The molecule has 2 aromatic rings. The van der Waals surface area contributed by atoms with Crippen molar-refractivity contribution in [2.24, 2.45) is 0 Å². The molecule has 0 bridgehead atoms. The highest BCUT2D eigenvalue weighted by Crippen LogP contribution is 2.30. The number of benzene rings is 1. The molecule has 120 valence electrons. The standard InChI is InChI=1S/C14H12F2N4O3/c1-22-7-12(21)19-14-8(5-17)6-18-20(14)13-10(16)3-9(15)4-11(13)23-2/h3-4,6H,7H2,1-2H3,(H,19,21). The Morgan fingerprint density at radius 3 is 2.78 bits per heavy atom. The zero-order chi connectivity index (χ0) is 17.0. The predicted octanol–water partition coefficient (Wildman–Crippen LogP) is 1.62. The Labute approximate surface area is 130 Å². The Morgan fingerprint density at radius 2 is 2.17 bits per heavy atom. The summed E-state index contributed by atoms with van der Waals surface area (Å²) in [5.74, 6) is -2.57. The highest BCUT2D eigenvalue weighted by atomic mass is 19.1. The number of rotatable bonds is 5. The molecular formula is C14H12F2N4O3. The highest BCUT2D eigenvalue weighted by molar-refractivity contribution is 5.92. The summed E-state index contributed by atoms with van der Waals surface area (Å²) in [5, 5.41) is 15.4. The average molecular weight is 322 g/mol. The van der Waals surface area contributed by atoms with Crippen molar-refractivity contribution in [3.05, 3.63) is 35.5 Å². The van der Waals surface area contributed by atoms with E-state index in [1.165, 1.54) is 14.2 Å². The van der Waals surface area contributed by atoms with Crippen LogP contribution in [0.25, 0.3) is 5.69 Å². The normalized spacial score (nSPS) is 10.2. The maximum atomic E-state index is 14.2. The summed E-state index contributed by atoms with van der Waals surface area (Å²) in [6, 6.07) is 3.44. The molecule has 1 amide bonds. The monoisotopic (exact) mass is 322 g/mol. The first kappa shape index (κ1) is 16.4. The second-order valence-corrected chi connectivity index (χ2v) is 4.35. The molecule has 0 radical (unpaired) electrons. The van der Waals surface area contributed by atoms with Gasteiger partial charge in [0.05, 0.1) is 13.3 Å². The van der Waals surface area contributed by atoms with Crippen LogP contribution in [0, 0.1) is 23.0 Å². The predicted molar refractivity (Wildman–Crippen MR) is 75.3 cm³/mol. The molecule has 1 aromatic carbocycles. The summed E-state index contributed by atoms with van der Waals surface area (Å²) in [7, 11) is 2.56. The van der Waals surface area contributed by atoms with Gasteiger partial charge in [-0.25, -0.2) is 13.5 Å². The van der Waals surface area contributed by atoms with Crippen molar-refractivity contribution in [3.63, 3.8) is 0 Å². The Hall–Kier alpha value is -2.99. The van der Waals surface area contributed by atoms with Gasteiger partial charge in [-0.15, -0.1) is 0 Å². The molecule has 0 saturated carbocycles. The van der Waals surface area contributed by atoms with Crippen LogP contribution in [0.5, 0.6) is 5.75 Å². The number of nitrogens with one attached hydrogen (secondary N) is 1. The summed E-state index contributed by atoms with van der Waals surface area (Å²) in [5.41, 5.74) is -0.233. The SMILES string of the molecule is COCC(=O)Nc1c(C#N)cnn1-c1c(F)cc(F)cc1OC. The van der Waals surface area contributed by atoms with Crippen molar-refractivity contribution in [1.82, 2.24) is 9.78 Å². The molecule has 1 heterocycles. The van der Waals surface area contributed by atoms with Gasteiger partial charge in [0.15, 0.2) is 17.4 Å². The van der Waals surface area contributed by atoms with Gasteiger partial charge in [0, 0.05) is 19.2 Å². The molecule has 9 heteroatoms. The molecule has 0 fully saturated rings. The van der Waals surface area contributed by atoms with Crippen LogP contribution >= 0.6 is 0 Å². The molecule has 0 spiro atoms. The molecule has 23 heavy (non-hydrogen) atoms. The van der Waals surface area contributed by atoms with E-state index in [-0.39, 0.29) is 29.4 Å². The van der Waals surface area contributed by atoms with E-state index in [0.29, 0.717) is 6.07 Å². The van der Waals surface area contributed by atoms with Crippen LogP contribution in [0.15, 0.2) is 18.3 Å². The maximum Gasteiger partial charge on any atom is 0.251 e. The first-order chi connectivity index (χ1) is 11.0. The molecule has 0 saturated heterocycles. The minimum atomic E-state index is -0.961. The molecule has 0 atom stereocenters. The molecular weight excluding hydrogens is 310 g/mol. The van der Waals surface area contributed by atoms with E-state index >= 15 is 0 Å². The zero-order valence-electron chi connectivity index (χ0n) is 12.3. The number of carbonyl (C=O) groups excluding carboxylic acids is 1. The van der Waals surface area contributed by atoms with Gasteiger partial charge >= 0.3 is 0 Å². The fraction of sp³-hybridized carbons (Fsp3) is 0.214. The van der Waals surface area contributed by atoms with Crippen molar-refractivity contribution >= 4 is 11.7 Å². The van der Waals surface area contributed by atoms with Crippen LogP contribution in [-0.2, 0) is 9.53 Å². The van der Waals surface area contributed by atoms with Crippen LogP contribution in [0.2, 0.25) is 0 Å². The van der Waals surface area contributed by atoms with Gasteiger partial charge in [-0.1, -0.05) is 0 Å². The van der Waals surface area contributed by atoms with E-state index in [4.69, 9.17) is 10.00 Å². The Bertz CT molecular complexity index is 783. The second-order valence-electron chi connectivity index (χ2n) is 4.35. The Kier molecular flexibility index (Phi) is 4.88. The van der Waals surface area contributed by atoms with Crippen LogP contribution in [-0.4, -0.2) is 36.5 Å². The number of amides is 1. The fourth-order valence-corrected chi connectivity index (χ4v) is 1.92. The molecule has 1 aromatic heterocycles. The number of hydrogen-bond acceptors (Lipinski definition) is 5. The van der Waals surface area contributed by atoms with Crippen LogP contribution in [0.1, 0.15) is 5.56 Å². The van der Waals surface area contributed by atoms with Gasteiger partial charge in [-0.3, -0.25) is 4.79 Å². The van der Waals surface area contributed by atoms with E-state index < -0.39 is 17.5 Å². The molecule has 1 N–H and O–H groups in total. The van der Waals surface area contributed by atoms with E-state index in [1.807, 2.05) is 6.07 Å². The van der Waals surface area contributed by atoms with Crippen LogP contribution < -0.4 is 10.1 Å². The highest BCUT2D eigenvalue weighted by Gasteiger charge is 2.21. The average Bonchev–Trinajstić information content (AvgIpc) is 2.89. The molecule has 2 rings (SSSR count). The Balaban J connectivity index is 2.59. The smallest absolute Gasteiger partial charge is 0.251 e. The second kappa shape index (κ2) is 6.85. The summed E-state index contributed by atoms with van der Waals surface area (Å²) < 4.78 is 38.1. The van der Waals surface area contributed by atoms with Crippen molar-refractivity contribution in [1.29, 1.82) is 5.26 Å². The van der Waals surface area contributed by atoms with Gasteiger partial charge in [0.25, 0.3) is 5.91 Å². The Morgan fingerprint density at radius 1 is 1.43 bits per heavy atom. The minimum Gasteiger partial charge on any atom is -0.494 e. The number of aromatic nitrogens is 2. The van der Waals surface area contributed by atoms with E-state index in [9.17, 15) is 13.6 Å². The van der Waals surface area contributed by atoms with E-state index in [1.54, 1.807) is 0 Å². The van der Waals surface area contributed by atoms with Gasteiger partial charge in [0.2, 0.25) is 0 Å². The summed E-state index contributed by atoms with van der Waals surface area (Å²) in [6.45, 7) is -0.265. The quantitative estimate of drug-likeness (QED) is 0.903. The first-order valence-corrected chi connectivity index (χ1v) is 6.32. The van der Waals surface area contributed by atoms with Crippen LogP contribution in [0.4, 0.5) is 14.6 Å². The zero-order valence-corrected chi connectivity index (χ0v) is 12.3. The lowest BCUT2D eigenvalue weighted by Gasteiger charge is -2.13. The maximum absolute atomic E-state index is 14.2. The van der Waals surface area contributed by atoms with Crippen molar-refractivity contribution in [2.75, 3.05) is 26.1 Å². The van der Waals surface area contributed by atoms with Crippen molar-refractivity contribution in [3.8, 4) is 17.5 Å². The lowest BCUT2D eigenvalue weighted by molar-refractivity contribution is -0.119. The van der Waals surface area contributed by atoms with E-state index in [0.717, 1.165) is 16.9 Å². The first-order valence-electron chi connectivity index (χ1n) is 6.32. The third-order valence-corrected chi connectivity index (χ3v) is 2.85. The number of anilines is 1. The van der Waals surface area contributed by atoms with Crippen molar-refractivity contribution < 1.29 is 23.0 Å². The van der Waals surface area contributed by atoms with Crippen molar-refractivity contribution in [2.45, 2.75) is 0 Å². The number of halogens is 2. The minimum absolute atomic E-state index is 0.000214. The molecule has 0 aliphatic rings. The van der Waals surface area contributed by atoms with E-state index in [2.05, 4.69) is 15.2 Å². The topological polar surface area (TPSA) is 89.2 Å². The summed E-state index contributed by atoms with van der Waals surface area (Å²) >= 11 is 0.